The largest absolute Gasteiger partial charge is 0.353 e. The monoisotopic (exact) mass is 472 g/mol. The zero-order valence-corrected chi connectivity index (χ0v) is 20.4. The Morgan fingerprint density at radius 2 is 1.97 bits per heavy atom. The van der Waals surface area contributed by atoms with Crippen LogP contribution in [0.4, 0.5) is 0 Å². The van der Waals surface area contributed by atoms with E-state index in [1.54, 1.807) is 0 Å². The van der Waals surface area contributed by atoms with E-state index in [0.29, 0.717) is 18.0 Å². The molecule has 1 aromatic heterocycles. The highest BCUT2D eigenvalue weighted by Gasteiger charge is 2.43. The number of hydrazine groups is 1. The molecule has 3 heterocycles. The third-order valence-electron chi connectivity index (χ3n) is 8.29. The highest BCUT2D eigenvalue weighted by atomic mass is 16.1. The molecule has 0 bridgehead atoms. The van der Waals surface area contributed by atoms with Crippen LogP contribution < -0.4 is 21.5 Å². The van der Waals surface area contributed by atoms with Crippen LogP contribution in [0, 0.1) is 11.8 Å². The summed E-state index contributed by atoms with van der Waals surface area (Å²) in [6, 6.07) is 18.5. The van der Waals surface area contributed by atoms with Gasteiger partial charge in [-0.3, -0.25) is 14.9 Å². The number of piperidine rings is 1. The van der Waals surface area contributed by atoms with Gasteiger partial charge in [0.2, 0.25) is 5.91 Å². The fourth-order valence-electron chi connectivity index (χ4n) is 6.50. The summed E-state index contributed by atoms with van der Waals surface area (Å²) in [4.78, 5) is 13.4. The average molecular weight is 473 g/mol. The number of nitrogens with one attached hydrogen (secondary N) is 4. The van der Waals surface area contributed by atoms with Crippen molar-refractivity contribution >= 4 is 16.8 Å². The number of benzene rings is 2. The van der Waals surface area contributed by atoms with Gasteiger partial charge < -0.3 is 10.6 Å². The Kier molecular flexibility index (Phi) is 6.31. The van der Waals surface area contributed by atoms with Crippen LogP contribution >= 0.6 is 0 Å². The van der Waals surface area contributed by atoms with Crippen molar-refractivity contribution in [3.8, 4) is 0 Å². The summed E-state index contributed by atoms with van der Waals surface area (Å²) >= 11 is 0. The Hall–Kier alpha value is -2.74. The maximum atomic E-state index is 13.4. The standard InChI is InChI=1S/C28H36N6O/c1-34-17-21-14-19(7-9-25(21)33-34)27-24-15-20(8-10-26(24)31-32-27)28(35)30-22-11-12-29-23(16-22)13-18-5-3-2-4-6-18/h2-7,9,14,17,20,22-24,26-27,29,31-32H,8,10-13,15-16H2,1H3,(H,30,35)/t20?,22-,23+,24?,26?,27?/m0/s1. The summed E-state index contributed by atoms with van der Waals surface area (Å²) in [6.45, 7) is 0.963. The molecule has 2 aliphatic heterocycles. The van der Waals surface area contributed by atoms with Gasteiger partial charge in [0.15, 0.2) is 0 Å². The molecule has 1 amide bonds. The highest BCUT2D eigenvalue weighted by molar-refractivity contribution is 5.80. The molecule has 7 heteroatoms. The minimum Gasteiger partial charge on any atom is -0.353 e. The van der Waals surface area contributed by atoms with E-state index in [4.69, 9.17) is 0 Å². The van der Waals surface area contributed by atoms with Gasteiger partial charge in [0.05, 0.1) is 11.6 Å². The molecule has 3 aliphatic rings. The fraction of sp³-hybridized carbons (Fsp3) is 0.500. The molecule has 6 rings (SSSR count). The predicted molar refractivity (Wildman–Crippen MR) is 137 cm³/mol. The van der Waals surface area contributed by atoms with Gasteiger partial charge in [-0.25, -0.2) is 5.43 Å². The number of carbonyl (C=O) groups excluding carboxylic acids is 1. The molecular weight excluding hydrogens is 436 g/mol. The lowest BCUT2D eigenvalue weighted by molar-refractivity contribution is -0.127. The summed E-state index contributed by atoms with van der Waals surface area (Å²) in [5.41, 5.74) is 10.7. The Labute approximate surface area is 207 Å². The quantitative estimate of drug-likeness (QED) is 0.459. The van der Waals surface area contributed by atoms with E-state index in [9.17, 15) is 4.79 Å². The number of nitrogens with zero attached hydrogens (tertiary/aromatic N) is 2. The van der Waals surface area contributed by atoms with E-state index in [2.05, 4.69) is 81.3 Å². The van der Waals surface area contributed by atoms with E-state index in [1.807, 2.05) is 11.7 Å². The van der Waals surface area contributed by atoms with Crippen molar-refractivity contribution in [3.05, 3.63) is 65.9 Å². The summed E-state index contributed by atoms with van der Waals surface area (Å²) in [6.07, 6.45) is 7.99. The molecule has 6 atom stereocenters. The number of fused-ring (bicyclic) bond motifs is 2. The number of amides is 1. The van der Waals surface area contributed by atoms with E-state index >= 15 is 0 Å². The minimum atomic E-state index is 0.0880. The first-order valence-corrected chi connectivity index (χ1v) is 13.1. The molecule has 0 spiro atoms. The normalized spacial score (nSPS) is 30.8. The van der Waals surface area contributed by atoms with Gasteiger partial charge >= 0.3 is 0 Å². The first-order valence-electron chi connectivity index (χ1n) is 13.1. The van der Waals surface area contributed by atoms with Crippen molar-refractivity contribution < 1.29 is 4.79 Å². The summed E-state index contributed by atoms with van der Waals surface area (Å²) < 4.78 is 1.86. The first kappa shape index (κ1) is 22.7. The van der Waals surface area contributed by atoms with Crippen LogP contribution in [0.15, 0.2) is 54.7 Å². The van der Waals surface area contributed by atoms with Crippen LogP contribution in [0.25, 0.3) is 10.9 Å². The topological polar surface area (TPSA) is 83.0 Å². The summed E-state index contributed by atoms with van der Waals surface area (Å²) in [5.74, 6) is 0.750. The molecule has 0 radical (unpaired) electrons. The second-order valence-corrected chi connectivity index (χ2v) is 10.7. The molecule has 184 valence electrons. The molecule has 3 fully saturated rings. The molecule has 4 unspecified atom stereocenters. The van der Waals surface area contributed by atoms with Crippen molar-refractivity contribution in [3.63, 3.8) is 0 Å². The molecule has 2 saturated heterocycles. The highest BCUT2D eigenvalue weighted by Crippen LogP contribution is 2.41. The van der Waals surface area contributed by atoms with Gasteiger partial charge in [-0.2, -0.15) is 5.10 Å². The molecule has 7 nitrogen and oxygen atoms in total. The van der Waals surface area contributed by atoms with Crippen LogP contribution in [-0.2, 0) is 18.3 Å². The van der Waals surface area contributed by atoms with Crippen molar-refractivity contribution in [1.82, 2.24) is 31.3 Å². The zero-order valence-electron chi connectivity index (χ0n) is 20.4. The van der Waals surface area contributed by atoms with Crippen molar-refractivity contribution in [1.29, 1.82) is 0 Å². The lowest BCUT2D eigenvalue weighted by atomic mass is 9.74. The lowest BCUT2D eigenvalue weighted by Crippen LogP contribution is -2.50. The van der Waals surface area contributed by atoms with Crippen molar-refractivity contribution in [2.45, 2.75) is 62.7 Å². The van der Waals surface area contributed by atoms with E-state index in [-0.39, 0.29) is 23.9 Å². The Morgan fingerprint density at radius 1 is 1.09 bits per heavy atom. The smallest absolute Gasteiger partial charge is 0.223 e. The van der Waals surface area contributed by atoms with E-state index < -0.39 is 0 Å². The number of rotatable bonds is 5. The van der Waals surface area contributed by atoms with Gasteiger partial charge in [-0.15, -0.1) is 0 Å². The second-order valence-electron chi connectivity index (χ2n) is 10.7. The number of hydrogen-bond acceptors (Lipinski definition) is 5. The molecular formula is C28H36N6O. The van der Waals surface area contributed by atoms with Crippen molar-refractivity contribution in [2.75, 3.05) is 6.54 Å². The molecule has 1 aliphatic carbocycles. The van der Waals surface area contributed by atoms with Gasteiger partial charge in [-0.1, -0.05) is 36.4 Å². The SMILES string of the molecule is Cn1cc2cc(C3NNC4CCC(C(=O)N[C@H]5CCN[C@H](Cc6ccccc6)C5)CC43)ccc2n1. The third-order valence-corrected chi connectivity index (χ3v) is 8.29. The van der Waals surface area contributed by atoms with Gasteiger partial charge in [0.25, 0.3) is 0 Å². The summed E-state index contributed by atoms with van der Waals surface area (Å²) in [7, 11) is 1.96. The maximum absolute atomic E-state index is 13.4. The summed E-state index contributed by atoms with van der Waals surface area (Å²) in [5, 5.41) is 12.7. The van der Waals surface area contributed by atoms with Gasteiger partial charge in [-0.05, 0) is 74.2 Å². The molecule has 4 N–H and O–H groups in total. The van der Waals surface area contributed by atoms with Gasteiger partial charge in [0, 0.05) is 42.7 Å². The van der Waals surface area contributed by atoms with E-state index in [1.165, 1.54) is 11.1 Å². The van der Waals surface area contributed by atoms with Crippen LogP contribution in [0.2, 0.25) is 0 Å². The third kappa shape index (κ3) is 4.85. The number of aryl methyl sites for hydroxylation is 1. The van der Waals surface area contributed by atoms with Crippen LogP contribution in [0.3, 0.4) is 0 Å². The molecule has 3 aromatic rings. The molecule has 2 aromatic carbocycles. The van der Waals surface area contributed by atoms with Crippen LogP contribution in [0.5, 0.6) is 0 Å². The van der Waals surface area contributed by atoms with Crippen LogP contribution in [-0.4, -0.2) is 40.4 Å². The Bertz CT molecular complexity index is 1180. The number of carbonyl (C=O) groups is 1. The number of aromatic nitrogens is 2. The predicted octanol–water partition coefficient (Wildman–Crippen LogP) is 2.99. The van der Waals surface area contributed by atoms with E-state index in [0.717, 1.165) is 56.0 Å². The second kappa shape index (κ2) is 9.72. The van der Waals surface area contributed by atoms with Crippen molar-refractivity contribution in [2.24, 2.45) is 18.9 Å². The van der Waals surface area contributed by atoms with Crippen LogP contribution in [0.1, 0.15) is 49.3 Å². The average Bonchev–Trinajstić information content (AvgIpc) is 3.46. The van der Waals surface area contributed by atoms with Gasteiger partial charge in [0.1, 0.15) is 0 Å². The minimum absolute atomic E-state index is 0.0880. The number of hydrogen-bond donors (Lipinski definition) is 4. The molecule has 35 heavy (non-hydrogen) atoms. The lowest BCUT2D eigenvalue weighted by Gasteiger charge is -2.35. The molecule has 1 saturated carbocycles. The fourth-order valence-corrected chi connectivity index (χ4v) is 6.50. The first-order chi connectivity index (χ1) is 17.1. The Morgan fingerprint density at radius 3 is 2.86 bits per heavy atom. The Balaban J connectivity index is 1.08. The zero-order chi connectivity index (χ0) is 23.8. The maximum Gasteiger partial charge on any atom is 0.223 e.